The molecule has 0 radical (unpaired) electrons. The van der Waals surface area contributed by atoms with Crippen molar-refractivity contribution in [2.45, 2.75) is 20.4 Å². The maximum absolute atomic E-state index is 6.09. The van der Waals surface area contributed by atoms with Gasteiger partial charge >= 0.3 is 0 Å². The molecular formula is C14H13Cl3N2. The first-order valence-electron chi connectivity index (χ1n) is 5.79. The van der Waals surface area contributed by atoms with Gasteiger partial charge in [-0.3, -0.25) is 0 Å². The molecule has 0 unspecified atom stereocenters. The fourth-order valence-corrected chi connectivity index (χ4v) is 2.67. The standard InChI is InChI=1S/C14H13Cl3N2/c1-8-5-11(15)4-3-10(8)7-18-13-9(2)6-12(16)19-14(13)17/h3-6,18H,7H2,1-2H3. The van der Waals surface area contributed by atoms with Gasteiger partial charge in [-0.25, -0.2) is 4.98 Å². The number of pyridine rings is 1. The molecule has 1 aromatic heterocycles. The first-order chi connectivity index (χ1) is 8.97. The number of nitrogens with one attached hydrogen (secondary N) is 1. The van der Waals surface area contributed by atoms with Crippen molar-refractivity contribution in [1.82, 2.24) is 4.98 Å². The molecule has 1 N–H and O–H groups in total. The minimum atomic E-state index is 0.386. The second-order valence-corrected chi connectivity index (χ2v) is 5.53. The molecule has 19 heavy (non-hydrogen) atoms. The van der Waals surface area contributed by atoms with E-state index in [4.69, 9.17) is 34.8 Å². The lowest BCUT2D eigenvalue weighted by Crippen LogP contribution is -2.04. The van der Waals surface area contributed by atoms with Crippen LogP contribution in [-0.2, 0) is 6.54 Å². The van der Waals surface area contributed by atoms with E-state index in [0.717, 1.165) is 27.4 Å². The maximum atomic E-state index is 6.09. The van der Waals surface area contributed by atoms with Gasteiger partial charge in [-0.1, -0.05) is 40.9 Å². The molecule has 0 aliphatic heterocycles. The fourth-order valence-electron chi connectivity index (χ4n) is 1.85. The van der Waals surface area contributed by atoms with E-state index in [2.05, 4.69) is 10.3 Å². The number of hydrogen-bond donors (Lipinski definition) is 1. The smallest absolute Gasteiger partial charge is 0.154 e. The molecule has 0 spiro atoms. The average Bonchev–Trinajstić information content (AvgIpc) is 2.30. The quantitative estimate of drug-likeness (QED) is 0.780. The number of aromatic nitrogens is 1. The van der Waals surface area contributed by atoms with Crippen LogP contribution in [0.4, 0.5) is 5.69 Å². The number of rotatable bonds is 3. The Bertz CT molecular complexity index is 589. The largest absolute Gasteiger partial charge is 0.378 e. The topological polar surface area (TPSA) is 24.9 Å². The Balaban J connectivity index is 2.19. The van der Waals surface area contributed by atoms with E-state index in [1.807, 2.05) is 32.0 Å². The highest BCUT2D eigenvalue weighted by atomic mass is 35.5. The van der Waals surface area contributed by atoms with Crippen LogP contribution in [0.2, 0.25) is 15.3 Å². The van der Waals surface area contributed by atoms with Crippen molar-refractivity contribution in [2.24, 2.45) is 0 Å². The monoisotopic (exact) mass is 314 g/mol. The van der Waals surface area contributed by atoms with Crippen LogP contribution >= 0.6 is 34.8 Å². The minimum Gasteiger partial charge on any atom is -0.378 e. The Morgan fingerprint density at radius 3 is 2.42 bits per heavy atom. The van der Waals surface area contributed by atoms with Crippen LogP contribution in [0.5, 0.6) is 0 Å². The van der Waals surface area contributed by atoms with Gasteiger partial charge in [0, 0.05) is 11.6 Å². The molecule has 1 aromatic carbocycles. The number of halogens is 3. The Morgan fingerprint density at radius 2 is 1.79 bits per heavy atom. The molecule has 1 heterocycles. The predicted molar refractivity (Wildman–Crippen MR) is 82.5 cm³/mol. The van der Waals surface area contributed by atoms with E-state index >= 15 is 0 Å². The zero-order chi connectivity index (χ0) is 14.0. The van der Waals surface area contributed by atoms with Gasteiger partial charge in [-0.2, -0.15) is 0 Å². The molecule has 0 saturated heterocycles. The average molecular weight is 316 g/mol. The predicted octanol–water partition coefficient (Wildman–Crippen LogP) is 5.27. The molecule has 0 fully saturated rings. The molecule has 0 aliphatic carbocycles. The minimum absolute atomic E-state index is 0.386. The highest BCUT2D eigenvalue weighted by Gasteiger charge is 2.08. The summed E-state index contributed by atoms with van der Waals surface area (Å²) in [5, 5.41) is 4.81. The summed E-state index contributed by atoms with van der Waals surface area (Å²) in [6.07, 6.45) is 0. The van der Waals surface area contributed by atoms with E-state index in [1.165, 1.54) is 0 Å². The van der Waals surface area contributed by atoms with Crippen LogP contribution in [0, 0.1) is 13.8 Å². The number of anilines is 1. The maximum Gasteiger partial charge on any atom is 0.154 e. The summed E-state index contributed by atoms with van der Waals surface area (Å²) < 4.78 is 0. The fraction of sp³-hybridized carbons (Fsp3) is 0.214. The van der Waals surface area contributed by atoms with Crippen LogP contribution in [0.1, 0.15) is 16.7 Å². The van der Waals surface area contributed by atoms with Crippen molar-refractivity contribution in [2.75, 3.05) is 5.32 Å². The van der Waals surface area contributed by atoms with Gasteiger partial charge in [0.1, 0.15) is 5.15 Å². The number of aryl methyl sites for hydroxylation is 2. The molecule has 2 nitrogen and oxygen atoms in total. The SMILES string of the molecule is Cc1cc(Cl)ccc1CNc1c(C)cc(Cl)nc1Cl. The Kier molecular flexibility index (Phi) is 4.56. The lowest BCUT2D eigenvalue weighted by Gasteiger charge is -2.13. The second kappa shape index (κ2) is 6.00. The van der Waals surface area contributed by atoms with Crippen molar-refractivity contribution >= 4 is 40.5 Å². The molecule has 0 aliphatic rings. The Labute approximate surface area is 127 Å². The third-order valence-corrected chi connectivity index (χ3v) is 3.60. The van der Waals surface area contributed by atoms with E-state index in [0.29, 0.717) is 16.9 Å². The van der Waals surface area contributed by atoms with Crippen molar-refractivity contribution < 1.29 is 0 Å². The summed E-state index contributed by atoms with van der Waals surface area (Å²) >= 11 is 17.9. The van der Waals surface area contributed by atoms with Gasteiger partial charge in [0.25, 0.3) is 0 Å². The number of hydrogen-bond acceptors (Lipinski definition) is 2. The summed E-state index contributed by atoms with van der Waals surface area (Å²) in [5.74, 6) is 0. The number of nitrogens with zero attached hydrogens (tertiary/aromatic N) is 1. The first-order valence-corrected chi connectivity index (χ1v) is 6.92. The summed E-state index contributed by atoms with van der Waals surface area (Å²) in [6.45, 7) is 4.63. The molecule has 5 heteroatoms. The molecule has 0 amide bonds. The van der Waals surface area contributed by atoms with E-state index in [-0.39, 0.29) is 0 Å². The third kappa shape index (κ3) is 3.53. The van der Waals surface area contributed by atoms with Crippen molar-refractivity contribution in [1.29, 1.82) is 0 Å². The third-order valence-electron chi connectivity index (χ3n) is 2.90. The molecule has 0 bridgehead atoms. The first kappa shape index (κ1) is 14.4. The van der Waals surface area contributed by atoms with E-state index in [1.54, 1.807) is 6.07 Å². The normalized spacial score (nSPS) is 10.6. The van der Waals surface area contributed by atoms with Gasteiger partial charge in [-0.05, 0) is 48.7 Å². The highest BCUT2D eigenvalue weighted by Crippen LogP contribution is 2.27. The van der Waals surface area contributed by atoms with Crippen molar-refractivity contribution in [3.63, 3.8) is 0 Å². The van der Waals surface area contributed by atoms with E-state index < -0.39 is 0 Å². The Hall–Kier alpha value is -0.960. The second-order valence-electron chi connectivity index (χ2n) is 4.35. The zero-order valence-electron chi connectivity index (χ0n) is 10.6. The van der Waals surface area contributed by atoms with Gasteiger partial charge in [0.15, 0.2) is 5.15 Å². The molecule has 0 saturated carbocycles. The summed E-state index contributed by atoms with van der Waals surface area (Å²) in [5.41, 5.74) is 4.07. The van der Waals surface area contributed by atoms with Gasteiger partial charge in [-0.15, -0.1) is 0 Å². The molecule has 0 atom stereocenters. The van der Waals surface area contributed by atoms with Gasteiger partial charge in [0.05, 0.1) is 5.69 Å². The summed E-state index contributed by atoms with van der Waals surface area (Å²) in [6, 6.07) is 7.59. The van der Waals surface area contributed by atoms with Crippen LogP contribution in [0.15, 0.2) is 24.3 Å². The summed E-state index contributed by atoms with van der Waals surface area (Å²) in [4.78, 5) is 4.03. The Morgan fingerprint density at radius 1 is 1.05 bits per heavy atom. The lowest BCUT2D eigenvalue weighted by molar-refractivity contribution is 1.10. The van der Waals surface area contributed by atoms with Crippen LogP contribution in [0.3, 0.4) is 0 Å². The van der Waals surface area contributed by atoms with Gasteiger partial charge < -0.3 is 5.32 Å². The van der Waals surface area contributed by atoms with Crippen LogP contribution in [0.25, 0.3) is 0 Å². The molecule has 2 aromatic rings. The van der Waals surface area contributed by atoms with Crippen LogP contribution < -0.4 is 5.32 Å². The molecular weight excluding hydrogens is 303 g/mol. The molecule has 100 valence electrons. The highest BCUT2D eigenvalue weighted by molar-refractivity contribution is 6.34. The van der Waals surface area contributed by atoms with Gasteiger partial charge in [0.2, 0.25) is 0 Å². The van der Waals surface area contributed by atoms with Crippen molar-refractivity contribution in [3.8, 4) is 0 Å². The summed E-state index contributed by atoms with van der Waals surface area (Å²) in [7, 11) is 0. The lowest BCUT2D eigenvalue weighted by atomic mass is 10.1. The molecule has 2 rings (SSSR count). The van der Waals surface area contributed by atoms with E-state index in [9.17, 15) is 0 Å². The van der Waals surface area contributed by atoms with Crippen molar-refractivity contribution in [3.05, 3.63) is 56.3 Å². The van der Waals surface area contributed by atoms with Crippen LogP contribution in [-0.4, -0.2) is 4.98 Å². The number of benzene rings is 1. The zero-order valence-corrected chi connectivity index (χ0v) is 12.9.